The Morgan fingerprint density at radius 3 is 1.15 bits per heavy atom. The van der Waals surface area contributed by atoms with Crippen LogP contribution in [0, 0.1) is 0 Å². The van der Waals surface area contributed by atoms with E-state index in [9.17, 15) is 14.4 Å². The van der Waals surface area contributed by atoms with Gasteiger partial charge in [0.2, 0.25) is 0 Å². The van der Waals surface area contributed by atoms with Crippen molar-refractivity contribution in [2.75, 3.05) is 13.2 Å². The Balaban J connectivity index is 4.48. The van der Waals surface area contributed by atoms with Crippen LogP contribution in [-0.2, 0) is 28.6 Å². The molecule has 0 aliphatic heterocycles. The quantitative estimate of drug-likeness (QED) is 0.0201. The van der Waals surface area contributed by atoms with Crippen LogP contribution in [0.25, 0.3) is 0 Å². The van der Waals surface area contributed by atoms with Crippen molar-refractivity contribution in [2.45, 2.75) is 207 Å². The molecule has 0 spiro atoms. The molecule has 0 aliphatic rings. The lowest BCUT2D eigenvalue weighted by molar-refractivity contribution is -0.167. The van der Waals surface area contributed by atoms with Crippen LogP contribution in [-0.4, -0.2) is 37.2 Å². The second-order valence-electron chi connectivity index (χ2n) is 15.5. The third-order valence-corrected chi connectivity index (χ3v) is 9.77. The molecule has 6 heteroatoms. The Morgan fingerprint density at radius 1 is 0.356 bits per heavy atom. The summed E-state index contributed by atoms with van der Waals surface area (Å²) >= 11 is 0. The molecule has 1 atom stereocenters. The molecule has 6 nitrogen and oxygen atoms in total. The van der Waals surface area contributed by atoms with E-state index in [1.54, 1.807) is 0 Å². The van der Waals surface area contributed by atoms with Crippen molar-refractivity contribution < 1.29 is 28.6 Å². The van der Waals surface area contributed by atoms with Crippen molar-refractivity contribution in [3.63, 3.8) is 0 Å². The number of carbonyl (C=O) groups excluding carboxylic acids is 3. The van der Waals surface area contributed by atoms with E-state index in [1.165, 1.54) is 70.6 Å². The Labute approximate surface area is 362 Å². The third kappa shape index (κ3) is 45.3. The molecule has 0 radical (unpaired) electrons. The van der Waals surface area contributed by atoms with E-state index in [0.29, 0.717) is 19.3 Å². The fourth-order valence-electron chi connectivity index (χ4n) is 6.17. The van der Waals surface area contributed by atoms with Gasteiger partial charge in [0, 0.05) is 19.3 Å². The van der Waals surface area contributed by atoms with Crippen LogP contribution < -0.4 is 0 Å². The zero-order valence-electron chi connectivity index (χ0n) is 38.0. The van der Waals surface area contributed by atoms with Gasteiger partial charge in [0.15, 0.2) is 6.10 Å². The molecule has 1 unspecified atom stereocenters. The Kier molecular flexibility index (Phi) is 44.1. The molecule has 59 heavy (non-hydrogen) atoms. The highest BCUT2D eigenvalue weighted by Gasteiger charge is 2.19. The van der Waals surface area contributed by atoms with E-state index >= 15 is 0 Å². The molecule has 0 saturated heterocycles. The maximum Gasteiger partial charge on any atom is 0.306 e. The van der Waals surface area contributed by atoms with Crippen LogP contribution in [0.2, 0.25) is 0 Å². The molecule has 0 aromatic heterocycles. The maximum absolute atomic E-state index is 12.7. The standard InChI is InChI=1S/C53H86O6/c1-4-7-10-13-16-19-22-24-25-26-27-28-29-30-32-34-37-40-43-46-52(55)58-49-50(48-57-51(54)45-42-39-36-33-21-18-15-12-9-6-3)59-53(56)47-44-41-38-35-31-23-20-17-14-11-8-5-2/h7,10,13,15-16,18-19,22,24-30,32,50H,4-6,8-9,11-12,14,17,20-21,23,31,33-49H2,1-3H3/b10-7-,16-13-,18-15-,22-19-,25-24-,27-26+,29-28-,32-30-. The summed E-state index contributed by atoms with van der Waals surface area (Å²) in [5.41, 5.74) is 0. The van der Waals surface area contributed by atoms with Gasteiger partial charge in [-0.25, -0.2) is 0 Å². The van der Waals surface area contributed by atoms with Crippen LogP contribution in [0.5, 0.6) is 0 Å². The second-order valence-corrected chi connectivity index (χ2v) is 15.5. The molecular weight excluding hydrogens is 733 g/mol. The summed E-state index contributed by atoms with van der Waals surface area (Å²) in [5.74, 6) is -0.964. The topological polar surface area (TPSA) is 78.9 Å². The number of rotatable bonds is 41. The van der Waals surface area contributed by atoms with Gasteiger partial charge in [0.05, 0.1) is 0 Å². The summed E-state index contributed by atoms with van der Waals surface area (Å²) < 4.78 is 16.7. The molecule has 0 bridgehead atoms. The molecular formula is C53H86O6. The average Bonchev–Trinajstić information content (AvgIpc) is 3.23. The minimum Gasteiger partial charge on any atom is -0.462 e. The Hall–Kier alpha value is -3.67. The molecule has 0 rings (SSSR count). The highest BCUT2D eigenvalue weighted by Crippen LogP contribution is 2.14. The minimum atomic E-state index is -0.798. The molecule has 0 heterocycles. The molecule has 334 valence electrons. The van der Waals surface area contributed by atoms with Crippen LogP contribution in [0.3, 0.4) is 0 Å². The first-order valence-electron chi connectivity index (χ1n) is 23.8. The summed E-state index contributed by atoms with van der Waals surface area (Å²) in [5, 5.41) is 0. The third-order valence-electron chi connectivity index (χ3n) is 9.77. The van der Waals surface area contributed by atoms with Gasteiger partial charge < -0.3 is 14.2 Å². The smallest absolute Gasteiger partial charge is 0.306 e. The predicted octanol–water partition coefficient (Wildman–Crippen LogP) is 15.4. The zero-order chi connectivity index (χ0) is 43.0. The summed E-state index contributed by atoms with van der Waals surface area (Å²) in [6.45, 7) is 6.37. The summed E-state index contributed by atoms with van der Waals surface area (Å²) in [4.78, 5) is 37.8. The summed E-state index contributed by atoms with van der Waals surface area (Å²) in [6.07, 6.45) is 61.0. The lowest BCUT2D eigenvalue weighted by Crippen LogP contribution is -2.30. The molecule has 0 aliphatic carbocycles. The maximum atomic E-state index is 12.7. The van der Waals surface area contributed by atoms with Crippen molar-refractivity contribution >= 4 is 17.9 Å². The van der Waals surface area contributed by atoms with Crippen molar-refractivity contribution in [2.24, 2.45) is 0 Å². The first-order valence-corrected chi connectivity index (χ1v) is 23.8. The van der Waals surface area contributed by atoms with Crippen molar-refractivity contribution in [1.29, 1.82) is 0 Å². The van der Waals surface area contributed by atoms with E-state index in [4.69, 9.17) is 14.2 Å². The zero-order valence-corrected chi connectivity index (χ0v) is 38.0. The predicted molar refractivity (Wildman–Crippen MR) is 251 cm³/mol. The molecule has 0 N–H and O–H groups in total. The van der Waals surface area contributed by atoms with E-state index in [1.807, 2.05) is 72.9 Å². The SMILES string of the molecule is CC\C=C/C=C\C=C/C=C\C=C\C=C/C=C\CCCCCC(=O)OCC(COC(=O)CCCCCC/C=C\CCCC)OC(=O)CCCCCCCCCCCCCC. The first-order chi connectivity index (χ1) is 29.0. The van der Waals surface area contributed by atoms with Gasteiger partial charge in [-0.1, -0.05) is 221 Å². The average molecular weight is 819 g/mol. The molecule has 0 aromatic carbocycles. The number of ether oxygens (including phenoxy) is 3. The summed E-state index contributed by atoms with van der Waals surface area (Å²) in [7, 11) is 0. The molecule has 0 fully saturated rings. The minimum absolute atomic E-state index is 0.0985. The van der Waals surface area contributed by atoms with E-state index < -0.39 is 6.10 Å². The lowest BCUT2D eigenvalue weighted by Gasteiger charge is -2.18. The van der Waals surface area contributed by atoms with Gasteiger partial charge in [0.1, 0.15) is 13.2 Å². The number of esters is 3. The van der Waals surface area contributed by atoms with Crippen molar-refractivity contribution in [1.82, 2.24) is 0 Å². The number of carbonyl (C=O) groups is 3. The van der Waals surface area contributed by atoms with Crippen LogP contribution >= 0.6 is 0 Å². The second kappa shape index (κ2) is 47.0. The van der Waals surface area contributed by atoms with Crippen molar-refractivity contribution in [3.8, 4) is 0 Å². The van der Waals surface area contributed by atoms with Gasteiger partial charge in [-0.2, -0.15) is 0 Å². The normalized spacial score (nSPS) is 12.9. The van der Waals surface area contributed by atoms with Crippen LogP contribution in [0.4, 0.5) is 0 Å². The highest BCUT2D eigenvalue weighted by atomic mass is 16.6. The summed E-state index contributed by atoms with van der Waals surface area (Å²) in [6, 6.07) is 0. The number of hydrogen-bond donors (Lipinski definition) is 0. The number of unbranched alkanes of at least 4 members (excludes halogenated alkanes) is 20. The Morgan fingerprint density at radius 2 is 0.695 bits per heavy atom. The monoisotopic (exact) mass is 819 g/mol. The van der Waals surface area contributed by atoms with Gasteiger partial charge in [-0.3, -0.25) is 14.4 Å². The van der Waals surface area contributed by atoms with Crippen LogP contribution in [0.15, 0.2) is 97.2 Å². The number of allylic oxidation sites excluding steroid dienone is 16. The van der Waals surface area contributed by atoms with Gasteiger partial charge in [-0.05, 0) is 57.8 Å². The van der Waals surface area contributed by atoms with E-state index in [2.05, 4.69) is 45.1 Å². The van der Waals surface area contributed by atoms with Crippen molar-refractivity contribution in [3.05, 3.63) is 97.2 Å². The highest BCUT2D eigenvalue weighted by molar-refractivity contribution is 5.71. The van der Waals surface area contributed by atoms with Gasteiger partial charge in [-0.15, -0.1) is 0 Å². The lowest BCUT2D eigenvalue weighted by atomic mass is 10.0. The van der Waals surface area contributed by atoms with Crippen LogP contribution in [0.1, 0.15) is 201 Å². The van der Waals surface area contributed by atoms with E-state index in [0.717, 1.165) is 89.9 Å². The fourth-order valence-corrected chi connectivity index (χ4v) is 6.17. The van der Waals surface area contributed by atoms with Gasteiger partial charge in [0.25, 0.3) is 0 Å². The molecule has 0 amide bonds. The number of hydrogen-bond acceptors (Lipinski definition) is 6. The van der Waals surface area contributed by atoms with Gasteiger partial charge >= 0.3 is 17.9 Å². The fraction of sp³-hybridized carbons (Fsp3) is 0.642. The molecule has 0 aromatic rings. The van der Waals surface area contributed by atoms with E-state index in [-0.39, 0.29) is 31.1 Å². The Bertz CT molecular complexity index is 1220. The first kappa shape index (κ1) is 55.3. The molecule has 0 saturated carbocycles. The largest absolute Gasteiger partial charge is 0.462 e.